The number of aromatic hydroxyl groups is 1. The number of anilines is 1. The Morgan fingerprint density at radius 3 is 2.62 bits per heavy atom. The number of ether oxygens (including phenoxy) is 2. The number of hydrogen-bond acceptors (Lipinski definition) is 4. The highest BCUT2D eigenvalue weighted by molar-refractivity contribution is 6.33. The fourth-order valence-electron chi connectivity index (χ4n) is 2.25. The zero-order chi connectivity index (χ0) is 14.8. The van der Waals surface area contributed by atoms with Gasteiger partial charge in [-0.15, -0.1) is 0 Å². The Labute approximate surface area is 128 Å². The molecule has 0 aromatic heterocycles. The van der Waals surface area contributed by atoms with Crippen LogP contribution >= 0.6 is 11.6 Å². The molecule has 2 aromatic rings. The molecular formula is C16H16ClNO3. The van der Waals surface area contributed by atoms with Crippen LogP contribution in [-0.4, -0.2) is 18.3 Å². The first-order chi connectivity index (χ1) is 10.1. The molecule has 0 fully saturated rings. The Balaban J connectivity index is 1.80. The lowest BCUT2D eigenvalue weighted by molar-refractivity contribution is 0.171. The van der Waals surface area contributed by atoms with E-state index < -0.39 is 0 Å². The predicted octanol–water partition coefficient (Wildman–Crippen LogP) is 3.74. The first-order valence-corrected chi connectivity index (χ1v) is 7.13. The largest absolute Gasteiger partial charge is 0.508 e. The van der Waals surface area contributed by atoms with Crippen molar-refractivity contribution in [3.63, 3.8) is 0 Å². The van der Waals surface area contributed by atoms with Crippen LogP contribution in [0.3, 0.4) is 0 Å². The second kappa shape index (κ2) is 5.74. The summed E-state index contributed by atoms with van der Waals surface area (Å²) in [4.78, 5) is 0. The maximum absolute atomic E-state index is 9.86. The topological polar surface area (TPSA) is 50.7 Å². The summed E-state index contributed by atoms with van der Waals surface area (Å²) in [5, 5.41) is 13.6. The molecule has 0 amide bonds. The summed E-state index contributed by atoms with van der Waals surface area (Å²) in [5.74, 6) is 1.61. The van der Waals surface area contributed by atoms with Crippen molar-refractivity contribution >= 4 is 17.3 Å². The van der Waals surface area contributed by atoms with Crippen LogP contribution in [0.4, 0.5) is 5.69 Å². The zero-order valence-electron chi connectivity index (χ0n) is 11.6. The number of aryl methyl sites for hydroxylation is 1. The molecule has 1 aliphatic heterocycles. The molecule has 110 valence electrons. The fourth-order valence-corrected chi connectivity index (χ4v) is 2.47. The minimum atomic E-state index is 0.266. The number of phenolic OH excluding ortho intramolecular Hbond substituents is 1. The van der Waals surface area contributed by atoms with Crippen molar-refractivity contribution in [2.24, 2.45) is 0 Å². The average molecular weight is 306 g/mol. The Bertz CT molecular complexity index is 673. The van der Waals surface area contributed by atoms with Crippen LogP contribution < -0.4 is 14.8 Å². The second-order valence-electron chi connectivity index (χ2n) is 4.96. The molecule has 1 heterocycles. The average Bonchev–Trinajstić information content (AvgIpc) is 2.48. The summed E-state index contributed by atoms with van der Waals surface area (Å²) < 4.78 is 11.0. The first-order valence-electron chi connectivity index (χ1n) is 6.75. The first kappa shape index (κ1) is 13.9. The molecule has 0 atom stereocenters. The van der Waals surface area contributed by atoms with Crippen molar-refractivity contribution in [1.82, 2.24) is 0 Å². The smallest absolute Gasteiger partial charge is 0.163 e. The molecular weight excluding hydrogens is 290 g/mol. The van der Waals surface area contributed by atoms with Crippen molar-refractivity contribution < 1.29 is 14.6 Å². The molecule has 0 saturated heterocycles. The number of halogens is 1. The maximum Gasteiger partial charge on any atom is 0.163 e. The van der Waals surface area contributed by atoms with Gasteiger partial charge in [-0.2, -0.15) is 0 Å². The number of nitrogens with one attached hydrogen (secondary N) is 1. The highest BCUT2D eigenvalue weighted by atomic mass is 35.5. The minimum absolute atomic E-state index is 0.266. The molecule has 0 saturated carbocycles. The summed E-state index contributed by atoms with van der Waals surface area (Å²) in [7, 11) is 0. The molecule has 2 aromatic carbocycles. The van der Waals surface area contributed by atoms with Gasteiger partial charge in [-0.25, -0.2) is 0 Å². The van der Waals surface area contributed by atoms with Crippen LogP contribution in [0.25, 0.3) is 0 Å². The van der Waals surface area contributed by atoms with Crippen LogP contribution in [0.15, 0.2) is 30.3 Å². The summed E-state index contributed by atoms with van der Waals surface area (Å²) in [6.45, 7) is 3.53. The lowest BCUT2D eigenvalue weighted by Crippen LogP contribution is -2.15. The summed E-state index contributed by atoms with van der Waals surface area (Å²) in [6, 6.07) is 9.07. The third-order valence-electron chi connectivity index (χ3n) is 3.34. The van der Waals surface area contributed by atoms with Gasteiger partial charge in [0.25, 0.3) is 0 Å². The van der Waals surface area contributed by atoms with E-state index in [0.717, 1.165) is 16.8 Å². The van der Waals surface area contributed by atoms with Crippen LogP contribution in [0.5, 0.6) is 17.2 Å². The van der Waals surface area contributed by atoms with Gasteiger partial charge >= 0.3 is 0 Å². The molecule has 21 heavy (non-hydrogen) atoms. The Hall–Kier alpha value is -2.07. The number of hydrogen-bond donors (Lipinski definition) is 2. The summed E-state index contributed by atoms with van der Waals surface area (Å²) in [6.07, 6.45) is 0. The van der Waals surface area contributed by atoms with Crippen molar-refractivity contribution in [2.75, 3.05) is 18.5 Å². The monoisotopic (exact) mass is 305 g/mol. The second-order valence-corrected chi connectivity index (χ2v) is 5.37. The van der Waals surface area contributed by atoms with Crippen LogP contribution in [0.1, 0.15) is 11.1 Å². The number of phenols is 1. The zero-order valence-corrected chi connectivity index (χ0v) is 12.4. The van der Waals surface area contributed by atoms with Gasteiger partial charge in [0.1, 0.15) is 19.0 Å². The van der Waals surface area contributed by atoms with Crippen LogP contribution in [-0.2, 0) is 6.54 Å². The molecule has 2 N–H and O–H groups in total. The molecule has 0 aliphatic carbocycles. The van der Waals surface area contributed by atoms with Gasteiger partial charge in [-0.1, -0.05) is 29.3 Å². The molecule has 5 heteroatoms. The van der Waals surface area contributed by atoms with Gasteiger partial charge < -0.3 is 19.9 Å². The van der Waals surface area contributed by atoms with Crippen LogP contribution in [0.2, 0.25) is 5.02 Å². The van der Waals surface area contributed by atoms with E-state index in [1.807, 2.05) is 25.1 Å². The van der Waals surface area contributed by atoms with Gasteiger partial charge in [0.15, 0.2) is 11.5 Å². The quantitative estimate of drug-likeness (QED) is 0.907. The van der Waals surface area contributed by atoms with Gasteiger partial charge in [0.2, 0.25) is 0 Å². The predicted molar refractivity (Wildman–Crippen MR) is 82.6 cm³/mol. The Morgan fingerprint density at radius 2 is 1.86 bits per heavy atom. The summed E-state index contributed by atoms with van der Waals surface area (Å²) in [5.41, 5.74) is 2.67. The molecule has 1 aliphatic rings. The number of rotatable bonds is 3. The third-order valence-corrected chi connectivity index (χ3v) is 3.65. The van der Waals surface area contributed by atoms with Gasteiger partial charge in [-0.05, 0) is 13.0 Å². The fraction of sp³-hybridized carbons (Fsp3) is 0.250. The Kier molecular flexibility index (Phi) is 3.80. The van der Waals surface area contributed by atoms with Gasteiger partial charge in [-0.3, -0.25) is 0 Å². The van der Waals surface area contributed by atoms with Crippen LogP contribution in [0, 0.1) is 6.92 Å². The van der Waals surface area contributed by atoms with E-state index in [-0.39, 0.29) is 5.75 Å². The van der Waals surface area contributed by atoms with Crippen molar-refractivity contribution in [3.05, 3.63) is 46.5 Å². The molecule has 4 nitrogen and oxygen atoms in total. The molecule has 0 unspecified atom stereocenters. The summed E-state index contributed by atoms with van der Waals surface area (Å²) >= 11 is 6.24. The van der Waals surface area contributed by atoms with E-state index in [0.29, 0.717) is 36.3 Å². The number of fused-ring (bicyclic) bond motifs is 1. The van der Waals surface area contributed by atoms with E-state index >= 15 is 0 Å². The number of benzene rings is 2. The molecule has 0 radical (unpaired) electrons. The van der Waals surface area contributed by atoms with E-state index in [2.05, 4.69) is 5.32 Å². The molecule has 3 rings (SSSR count). The van der Waals surface area contributed by atoms with E-state index in [9.17, 15) is 5.11 Å². The SMILES string of the molecule is Cc1ccc(O)c(CNc2cc3c(cc2Cl)OCCO3)c1. The minimum Gasteiger partial charge on any atom is -0.508 e. The maximum atomic E-state index is 9.86. The van der Waals surface area contributed by atoms with E-state index in [1.54, 1.807) is 12.1 Å². The molecule has 0 spiro atoms. The van der Waals surface area contributed by atoms with Crippen molar-refractivity contribution in [3.8, 4) is 17.2 Å². The van der Waals surface area contributed by atoms with Crippen molar-refractivity contribution in [1.29, 1.82) is 0 Å². The highest BCUT2D eigenvalue weighted by Gasteiger charge is 2.15. The standard InChI is InChI=1S/C16H16ClNO3/c1-10-2-3-14(19)11(6-10)9-18-13-8-16-15(7-12(13)17)20-4-5-21-16/h2-3,6-8,18-19H,4-5,9H2,1H3. The van der Waals surface area contributed by atoms with Crippen molar-refractivity contribution in [2.45, 2.75) is 13.5 Å². The van der Waals surface area contributed by atoms with Gasteiger partial charge in [0, 0.05) is 24.2 Å². The lowest BCUT2D eigenvalue weighted by atomic mass is 10.1. The highest BCUT2D eigenvalue weighted by Crippen LogP contribution is 2.38. The molecule has 0 bridgehead atoms. The van der Waals surface area contributed by atoms with E-state index in [4.69, 9.17) is 21.1 Å². The van der Waals surface area contributed by atoms with E-state index in [1.165, 1.54) is 0 Å². The van der Waals surface area contributed by atoms with Gasteiger partial charge in [0.05, 0.1) is 10.7 Å². The Morgan fingerprint density at radius 1 is 1.14 bits per heavy atom. The lowest BCUT2D eigenvalue weighted by Gasteiger charge is -2.20. The normalized spacial score (nSPS) is 13.0. The third kappa shape index (κ3) is 3.00.